The van der Waals surface area contributed by atoms with E-state index in [1.54, 1.807) is 0 Å². The number of aromatic amines is 1. The minimum absolute atomic E-state index is 0.881. The van der Waals surface area contributed by atoms with Crippen molar-refractivity contribution in [1.82, 2.24) is 20.1 Å². The highest BCUT2D eigenvalue weighted by Crippen LogP contribution is 2.33. The lowest BCUT2D eigenvalue weighted by Gasteiger charge is -2.27. The molecule has 0 amide bonds. The van der Waals surface area contributed by atoms with Crippen LogP contribution in [0, 0.1) is 6.92 Å². The Labute approximate surface area is 158 Å². The van der Waals surface area contributed by atoms with Gasteiger partial charge in [0, 0.05) is 49.1 Å². The van der Waals surface area contributed by atoms with Gasteiger partial charge in [0.05, 0.1) is 11.4 Å². The van der Waals surface area contributed by atoms with Gasteiger partial charge in [-0.1, -0.05) is 48.5 Å². The summed E-state index contributed by atoms with van der Waals surface area (Å²) < 4.78 is 0. The lowest BCUT2D eigenvalue weighted by Crippen LogP contribution is -2.30. The van der Waals surface area contributed by atoms with E-state index in [-0.39, 0.29) is 0 Å². The molecule has 2 aromatic heterocycles. The van der Waals surface area contributed by atoms with E-state index in [1.165, 1.54) is 33.2 Å². The van der Waals surface area contributed by atoms with Crippen LogP contribution in [0.25, 0.3) is 22.0 Å². The summed E-state index contributed by atoms with van der Waals surface area (Å²) in [5.41, 5.74) is 7.31. The molecule has 3 heterocycles. The molecule has 0 spiro atoms. The molecule has 0 fully saturated rings. The molecule has 0 saturated carbocycles. The molecule has 27 heavy (non-hydrogen) atoms. The molecule has 1 aliphatic rings. The maximum atomic E-state index is 4.71. The van der Waals surface area contributed by atoms with Gasteiger partial charge < -0.3 is 0 Å². The molecule has 0 saturated heterocycles. The maximum absolute atomic E-state index is 4.71. The number of hydrogen-bond acceptors (Lipinski definition) is 3. The number of nitrogens with zero attached hydrogens (tertiary/aromatic N) is 3. The standard InChI is InChI=1S/C23H22N4/c1-16-6-5-12-24-22(16)15-27-13-11-21-20(14-27)23(26-25-21)19-10-4-8-17-7-2-3-9-18(17)19/h2-10,12H,11,13-15H2,1H3,(H,25,26). The van der Waals surface area contributed by atoms with Gasteiger partial charge in [0.2, 0.25) is 0 Å². The molecule has 5 rings (SSSR count). The van der Waals surface area contributed by atoms with Gasteiger partial charge in [-0.25, -0.2) is 0 Å². The first-order chi connectivity index (χ1) is 13.3. The van der Waals surface area contributed by atoms with Gasteiger partial charge in [-0.15, -0.1) is 0 Å². The lowest BCUT2D eigenvalue weighted by molar-refractivity contribution is 0.241. The summed E-state index contributed by atoms with van der Waals surface area (Å²) in [5, 5.41) is 10.5. The van der Waals surface area contributed by atoms with E-state index in [0.717, 1.165) is 37.4 Å². The van der Waals surface area contributed by atoms with Crippen molar-refractivity contribution in [1.29, 1.82) is 0 Å². The minimum Gasteiger partial charge on any atom is -0.293 e. The van der Waals surface area contributed by atoms with Crippen molar-refractivity contribution in [2.75, 3.05) is 6.54 Å². The summed E-state index contributed by atoms with van der Waals surface area (Å²) in [6.07, 6.45) is 2.88. The highest BCUT2D eigenvalue weighted by Gasteiger charge is 2.24. The smallest absolute Gasteiger partial charge is 0.0974 e. The number of H-pyrrole nitrogens is 1. The fraction of sp³-hybridized carbons (Fsp3) is 0.217. The van der Waals surface area contributed by atoms with E-state index >= 15 is 0 Å². The number of rotatable bonds is 3. The van der Waals surface area contributed by atoms with Gasteiger partial charge in [0.25, 0.3) is 0 Å². The van der Waals surface area contributed by atoms with Crippen molar-refractivity contribution in [3.05, 3.63) is 83.3 Å². The Morgan fingerprint density at radius 2 is 1.93 bits per heavy atom. The third kappa shape index (κ3) is 2.92. The maximum Gasteiger partial charge on any atom is 0.0974 e. The number of aryl methyl sites for hydroxylation is 1. The normalized spacial score (nSPS) is 14.4. The fourth-order valence-corrected chi connectivity index (χ4v) is 4.04. The molecule has 0 radical (unpaired) electrons. The monoisotopic (exact) mass is 354 g/mol. The van der Waals surface area contributed by atoms with Gasteiger partial charge >= 0.3 is 0 Å². The molecule has 0 bridgehead atoms. The zero-order valence-electron chi connectivity index (χ0n) is 15.4. The van der Waals surface area contributed by atoms with Crippen molar-refractivity contribution >= 4 is 10.8 Å². The molecule has 134 valence electrons. The van der Waals surface area contributed by atoms with Crippen LogP contribution in [0.1, 0.15) is 22.5 Å². The van der Waals surface area contributed by atoms with E-state index in [9.17, 15) is 0 Å². The first kappa shape index (κ1) is 16.2. The summed E-state index contributed by atoms with van der Waals surface area (Å²) in [4.78, 5) is 7.05. The molecule has 4 heteroatoms. The summed E-state index contributed by atoms with van der Waals surface area (Å²) in [5.74, 6) is 0. The highest BCUT2D eigenvalue weighted by molar-refractivity contribution is 5.96. The second-order valence-corrected chi connectivity index (χ2v) is 7.28. The summed E-state index contributed by atoms with van der Waals surface area (Å²) >= 11 is 0. The van der Waals surface area contributed by atoms with E-state index in [2.05, 4.69) is 70.4 Å². The van der Waals surface area contributed by atoms with Gasteiger partial charge in [-0.2, -0.15) is 5.10 Å². The van der Waals surface area contributed by atoms with Crippen LogP contribution in [0.2, 0.25) is 0 Å². The zero-order valence-corrected chi connectivity index (χ0v) is 15.4. The summed E-state index contributed by atoms with van der Waals surface area (Å²) in [6, 6.07) is 19.1. The van der Waals surface area contributed by atoms with Gasteiger partial charge in [0.1, 0.15) is 0 Å². The van der Waals surface area contributed by atoms with Crippen molar-refractivity contribution in [3.63, 3.8) is 0 Å². The number of nitrogens with one attached hydrogen (secondary N) is 1. The Hall–Kier alpha value is -2.98. The third-order valence-corrected chi connectivity index (χ3v) is 5.55. The van der Waals surface area contributed by atoms with E-state index in [0.29, 0.717) is 0 Å². The average molecular weight is 354 g/mol. The molecule has 1 N–H and O–H groups in total. The van der Waals surface area contributed by atoms with E-state index in [1.807, 2.05) is 12.3 Å². The highest BCUT2D eigenvalue weighted by atomic mass is 15.2. The predicted octanol–water partition coefficient (Wildman–Crippen LogP) is 4.49. The predicted molar refractivity (Wildman–Crippen MR) is 108 cm³/mol. The number of hydrogen-bond donors (Lipinski definition) is 1. The Balaban J connectivity index is 1.51. The topological polar surface area (TPSA) is 44.8 Å². The molecular formula is C23H22N4. The van der Waals surface area contributed by atoms with Crippen molar-refractivity contribution < 1.29 is 0 Å². The molecule has 4 aromatic rings. The molecular weight excluding hydrogens is 332 g/mol. The zero-order chi connectivity index (χ0) is 18.2. The number of aromatic nitrogens is 3. The quantitative estimate of drug-likeness (QED) is 0.589. The Morgan fingerprint density at radius 1 is 1.04 bits per heavy atom. The molecule has 2 aromatic carbocycles. The average Bonchev–Trinajstić information content (AvgIpc) is 3.12. The minimum atomic E-state index is 0.881. The van der Waals surface area contributed by atoms with Gasteiger partial charge in [0.15, 0.2) is 0 Å². The Bertz CT molecular complexity index is 1110. The molecule has 4 nitrogen and oxygen atoms in total. The lowest BCUT2D eigenvalue weighted by atomic mass is 9.96. The second-order valence-electron chi connectivity index (χ2n) is 7.28. The number of benzene rings is 2. The first-order valence-corrected chi connectivity index (χ1v) is 9.47. The molecule has 0 unspecified atom stereocenters. The largest absolute Gasteiger partial charge is 0.293 e. The van der Waals surface area contributed by atoms with Crippen LogP contribution < -0.4 is 0 Å². The molecule has 0 atom stereocenters. The summed E-state index contributed by atoms with van der Waals surface area (Å²) in [6.45, 7) is 4.95. The van der Waals surface area contributed by atoms with E-state index in [4.69, 9.17) is 5.10 Å². The second kappa shape index (κ2) is 6.63. The third-order valence-electron chi connectivity index (χ3n) is 5.55. The summed E-state index contributed by atoms with van der Waals surface area (Å²) in [7, 11) is 0. The van der Waals surface area contributed by atoms with Crippen LogP contribution in [0.4, 0.5) is 0 Å². The fourth-order valence-electron chi connectivity index (χ4n) is 4.04. The molecule has 0 aliphatic carbocycles. The van der Waals surface area contributed by atoms with Crippen LogP contribution in [0.5, 0.6) is 0 Å². The van der Waals surface area contributed by atoms with Crippen LogP contribution in [-0.2, 0) is 19.5 Å². The Morgan fingerprint density at radius 3 is 2.85 bits per heavy atom. The SMILES string of the molecule is Cc1cccnc1CN1CCc2[nH]nc(-c3cccc4ccccc34)c2C1. The van der Waals surface area contributed by atoms with E-state index < -0.39 is 0 Å². The number of pyridine rings is 1. The van der Waals surface area contributed by atoms with Crippen LogP contribution in [-0.4, -0.2) is 26.6 Å². The number of fused-ring (bicyclic) bond motifs is 2. The van der Waals surface area contributed by atoms with Crippen LogP contribution >= 0.6 is 0 Å². The van der Waals surface area contributed by atoms with Gasteiger partial charge in [-0.3, -0.25) is 15.0 Å². The Kier molecular flexibility index (Phi) is 3.98. The van der Waals surface area contributed by atoms with Crippen LogP contribution in [0.3, 0.4) is 0 Å². The first-order valence-electron chi connectivity index (χ1n) is 9.47. The molecule has 1 aliphatic heterocycles. The van der Waals surface area contributed by atoms with Crippen molar-refractivity contribution in [2.24, 2.45) is 0 Å². The van der Waals surface area contributed by atoms with Crippen molar-refractivity contribution in [2.45, 2.75) is 26.4 Å². The van der Waals surface area contributed by atoms with Gasteiger partial charge in [-0.05, 0) is 29.3 Å². The van der Waals surface area contributed by atoms with Crippen LogP contribution in [0.15, 0.2) is 60.8 Å². The van der Waals surface area contributed by atoms with Crippen molar-refractivity contribution in [3.8, 4) is 11.3 Å².